The van der Waals surface area contributed by atoms with Gasteiger partial charge in [0.05, 0.1) is 11.6 Å². The largest absolute Gasteiger partial charge is 0.416 e. The topological polar surface area (TPSA) is 75.3 Å². The van der Waals surface area contributed by atoms with Crippen LogP contribution in [0.3, 0.4) is 0 Å². The van der Waals surface area contributed by atoms with Gasteiger partial charge in [0.25, 0.3) is 0 Å². The van der Waals surface area contributed by atoms with Crippen LogP contribution in [-0.2, 0) is 21.0 Å². The van der Waals surface area contributed by atoms with Crippen molar-refractivity contribution in [2.24, 2.45) is 5.92 Å². The van der Waals surface area contributed by atoms with Crippen LogP contribution in [-0.4, -0.2) is 20.4 Å². The molecule has 5 nitrogen and oxygen atoms in total. The van der Waals surface area contributed by atoms with Gasteiger partial charge in [0, 0.05) is 5.41 Å². The zero-order valence-electron chi connectivity index (χ0n) is 17.3. The Morgan fingerprint density at radius 1 is 1.00 bits per heavy atom. The quantitative estimate of drug-likeness (QED) is 0.617. The first-order valence-electron chi connectivity index (χ1n) is 9.62. The summed E-state index contributed by atoms with van der Waals surface area (Å²) in [5, 5.41) is 3.57. The summed E-state index contributed by atoms with van der Waals surface area (Å²) in [5.74, 6) is -1.02. The third-order valence-electron chi connectivity index (χ3n) is 4.55. The summed E-state index contributed by atoms with van der Waals surface area (Å²) in [6, 6.07) is 11.6. The molecular weight excluding hydrogens is 429 g/mol. The van der Waals surface area contributed by atoms with Gasteiger partial charge in [-0.2, -0.15) is 17.9 Å². The number of rotatable bonds is 8. The molecule has 2 aromatic rings. The average Bonchev–Trinajstić information content (AvgIpc) is 2.70. The van der Waals surface area contributed by atoms with Crippen LogP contribution in [0.25, 0.3) is 6.08 Å². The van der Waals surface area contributed by atoms with Crippen molar-refractivity contribution < 1.29 is 26.4 Å². The Balaban J connectivity index is 2.12. The highest BCUT2D eigenvalue weighted by atomic mass is 32.2. The van der Waals surface area contributed by atoms with Gasteiger partial charge in [-0.1, -0.05) is 56.3 Å². The fraction of sp³-hybridized carbons (Fsp3) is 0.318. The molecule has 0 saturated heterocycles. The van der Waals surface area contributed by atoms with E-state index in [1.54, 1.807) is 44.2 Å². The van der Waals surface area contributed by atoms with E-state index in [2.05, 4.69) is 10.0 Å². The van der Waals surface area contributed by atoms with Gasteiger partial charge in [-0.15, -0.1) is 0 Å². The Morgan fingerprint density at radius 3 is 2.23 bits per heavy atom. The Hall–Kier alpha value is -2.65. The van der Waals surface area contributed by atoms with E-state index in [0.29, 0.717) is 5.56 Å². The highest BCUT2D eigenvalue weighted by molar-refractivity contribution is 7.92. The molecule has 0 saturated carbocycles. The summed E-state index contributed by atoms with van der Waals surface area (Å²) < 4.78 is 66.0. The molecule has 0 spiro atoms. The van der Waals surface area contributed by atoms with E-state index in [-0.39, 0.29) is 5.56 Å². The first-order chi connectivity index (χ1) is 14.4. The third kappa shape index (κ3) is 7.52. The highest BCUT2D eigenvalue weighted by Gasteiger charge is 2.31. The van der Waals surface area contributed by atoms with Crippen molar-refractivity contribution in [3.05, 3.63) is 76.7 Å². The number of carbonyl (C=O) groups excluding carboxylic acids is 1. The molecule has 168 valence electrons. The minimum absolute atomic E-state index is 0.262. The lowest BCUT2D eigenvalue weighted by molar-refractivity contribution is -0.137. The maximum Gasteiger partial charge on any atom is 0.416 e. The molecule has 0 heterocycles. The molecule has 0 fully saturated rings. The monoisotopic (exact) mass is 454 g/mol. The Labute approximate surface area is 180 Å². The lowest BCUT2D eigenvalue weighted by Crippen LogP contribution is -2.49. The summed E-state index contributed by atoms with van der Waals surface area (Å²) in [6.07, 6.45) is -3.09. The molecule has 2 atom stereocenters. The zero-order chi connectivity index (χ0) is 23.2. The third-order valence-corrected chi connectivity index (χ3v) is 5.63. The molecule has 0 aliphatic heterocycles. The molecule has 2 aromatic carbocycles. The summed E-state index contributed by atoms with van der Waals surface area (Å²) in [4.78, 5) is 12.7. The molecule has 0 aliphatic rings. The summed E-state index contributed by atoms with van der Waals surface area (Å²) in [6.45, 7) is 4.87. The molecule has 0 bridgehead atoms. The molecular formula is C22H25F3N2O3S. The second kappa shape index (κ2) is 10.1. The molecule has 0 aliphatic carbocycles. The van der Waals surface area contributed by atoms with Crippen LogP contribution in [0.2, 0.25) is 0 Å². The molecule has 9 heteroatoms. The van der Waals surface area contributed by atoms with Crippen LogP contribution in [0.4, 0.5) is 13.2 Å². The van der Waals surface area contributed by atoms with Crippen LogP contribution in [0.15, 0.2) is 60.0 Å². The van der Waals surface area contributed by atoms with Gasteiger partial charge >= 0.3 is 6.18 Å². The van der Waals surface area contributed by atoms with Crippen LogP contribution >= 0.6 is 0 Å². The van der Waals surface area contributed by atoms with Gasteiger partial charge in [-0.05, 0) is 42.2 Å². The number of hydrogen-bond donors (Lipinski definition) is 2. The lowest BCUT2D eigenvalue weighted by Gasteiger charge is -2.24. The van der Waals surface area contributed by atoms with Crippen molar-refractivity contribution >= 4 is 22.0 Å². The minimum Gasteiger partial charge on any atom is -0.348 e. The van der Waals surface area contributed by atoms with Gasteiger partial charge in [0.2, 0.25) is 15.9 Å². The predicted molar refractivity (Wildman–Crippen MR) is 114 cm³/mol. The second-order valence-corrected chi connectivity index (χ2v) is 9.05. The van der Waals surface area contributed by atoms with Crippen molar-refractivity contribution in [1.29, 1.82) is 0 Å². The number of nitrogens with one attached hydrogen (secondary N) is 2. The maximum atomic E-state index is 12.9. The van der Waals surface area contributed by atoms with Crippen LogP contribution in [0, 0.1) is 5.92 Å². The van der Waals surface area contributed by atoms with E-state index in [0.717, 1.165) is 17.5 Å². The van der Waals surface area contributed by atoms with E-state index in [1.807, 2.05) is 0 Å². The number of benzene rings is 2. The van der Waals surface area contributed by atoms with Gasteiger partial charge in [-0.3, -0.25) is 4.79 Å². The van der Waals surface area contributed by atoms with Gasteiger partial charge in [0.1, 0.15) is 6.04 Å². The number of hydrogen-bond acceptors (Lipinski definition) is 3. The number of amides is 1. The maximum absolute atomic E-state index is 12.9. The molecule has 1 amide bonds. The van der Waals surface area contributed by atoms with Crippen molar-refractivity contribution in [3.8, 4) is 0 Å². The van der Waals surface area contributed by atoms with E-state index in [4.69, 9.17) is 0 Å². The summed E-state index contributed by atoms with van der Waals surface area (Å²) in [7, 11) is -3.94. The van der Waals surface area contributed by atoms with Crippen LogP contribution in [0.1, 0.15) is 43.5 Å². The van der Waals surface area contributed by atoms with Crippen molar-refractivity contribution in [3.63, 3.8) is 0 Å². The second-order valence-electron chi connectivity index (χ2n) is 7.45. The van der Waals surface area contributed by atoms with E-state index >= 15 is 0 Å². The van der Waals surface area contributed by atoms with E-state index in [1.165, 1.54) is 25.1 Å². The van der Waals surface area contributed by atoms with Crippen molar-refractivity contribution in [1.82, 2.24) is 10.0 Å². The van der Waals surface area contributed by atoms with Crippen molar-refractivity contribution in [2.75, 3.05) is 0 Å². The summed E-state index contributed by atoms with van der Waals surface area (Å²) in [5.41, 5.74) is 0.118. The normalized spacial score (nSPS) is 14.5. The Morgan fingerprint density at radius 2 is 1.65 bits per heavy atom. The first kappa shape index (κ1) is 24.6. The predicted octanol–water partition coefficient (Wildman–Crippen LogP) is 4.50. The van der Waals surface area contributed by atoms with Crippen LogP contribution < -0.4 is 10.0 Å². The fourth-order valence-electron chi connectivity index (χ4n) is 2.81. The smallest absolute Gasteiger partial charge is 0.348 e. The zero-order valence-corrected chi connectivity index (χ0v) is 18.2. The van der Waals surface area contributed by atoms with Crippen molar-refractivity contribution in [2.45, 2.75) is 39.0 Å². The average molecular weight is 455 g/mol. The standard InChI is InChI=1S/C22H25F3N2O3S/c1-15(2)20(27-31(29,30)13-12-17-8-5-4-6-9-17)21(28)26-16(3)18-10-7-11-19(14-18)22(23,24)25/h4-16,20,27H,1-3H3,(H,26,28)/b13-12+. The first-order valence-corrected chi connectivity index (χ1v) is 11.2. The molecule has 2 N–H and O–H groups in total. The Kier molecular flexibility index (Phi) is 8.02. The van der Waals surface area contributed by atoms with Gasteiger partial charge in [0.15, 0.2) is 0 Å². The highest BCUT2D eigenvalue weighted by Crippen LogP contribution is 2.30. The van der Waals surface area contributed by atoms with Gasteiger partial charge < -0.3 is 5.32 Å². The number of sulfonamides is 1. The number of carbonyl (C=O) groups is 1. The minimum atomic E-state index is -4.50. The summed E-state index contributed by atoms with van der Waals surface area (Å²) >= 11 is 0. The number of halogens is 3. The molecule has 2 rings (SSSR count). The molecule has 0 aromatic heterocycles. The molecule has 2 unspecified atom stereocenters. The lowest BCUT2D eigenvalue weighted by atomic mass is 10.0. The van der Waals surface area contributed by atoms with Gasteiger partial charge in [-0.25, -0.2) is 8.42 Å². The van der Waals surface area contributed by atoms with Crippen LogP contribution in [0.5, 0.6) is 0 Å². The van der Waals surface area contributed by atoms with E-state index < -0.39 is 45.7 Å². The fourth-order valence-corrected chi connectivity index (χ4v) is 3.96. The number of alkyl halides is 3. The Bertz CT molecular complexity index is 1020. The SMILES string of the molecule is CC(NC(=O)C(NS(=O)(=O)/C=C/c1ccccc1)C(C)C)c1cccc(C(F)(F)F)c1. The molecule has 31 heavy (non-hydrogen) atoms. The van der Waals surface area contributed by atoms with E-state index in [9.17, 15) is 26.4 Å². The molecule has 0 radical (unpaired) electrons.